The maximum Gasteiger partial charge on any atom is 0.269 e. The van der Waals surface area contributed by atoms with Gasteiger partial charge in [-0.05, 0) is 36.4 Å². The SMILES string of the molecule is Nc1ccc(N)cc1.Nc1ccc([N+](=O)[O-])cc1. The lowest BCUT2D eigenvalue weighted by atomic mass is 10.3. The first-order chi connectivity index (χ1) is 8.49. The summed E-state index contributed by atoms with van der Waals surface area (Å²) in [5.41, 5.74) is 18.1. The first-order valence-corrected chi connectivity index (χ1v) is 5.10. The van der Waals surface area contributed by atoms with Crippen LogP contribution in [0.25, 0.3) is 0 Å². The van der Waals surface area contributed by atoms with Crippen molar-refractivity contribution in [3.8, 4) is 0 Å². The number of nitro groups is 1. The first-order valence-electron chi connectivity index (χ1n) is 5.10. The van der Waals surface area contributed by atoms with E-state index < -0.39 is 4.92 Å². The molecular formula is C12H14N4O2. The average molecular weight is 246 g/mol. The zero-order valence-electron chi connectivity index (χ0n) is 9.61. The van der Waals surface area contributed by atoms with Gasteiger partial charge >= 0.3 is 0 Å². The topological polar surface area (TPSA) is 121 Å². The van der Waals surface area contributed by atoms with E-state index in [9.17, 15) is 10.1 Å². The van der Waals surface area contributed by atoms with E-state index in [1.54, 1.807) is 24.3 Å². The minimum Gasteiger partial charge on any atom is -0.399 e. The van der Waals surface area contributed by atoms with Crippen LogP contribution in [0.5, 0.6) is 0 Å². The van der Waals surface area contributed by atoms with Crippen molar-refractivity contribution in [2.24, 2.45) is 0 Å². The summed E-state index contributed by atoms with van der Waals surface area (Å²) in [6, 6.07) is 12.8. The number of benzene rings is 2. The molecule has 0 aromatic heterocycles. The van der Waals surface area contributed by atoms with Gasteiger partial charge in [-0.25, -0.2) is 0 Å². The van der Waals surface area contributed by atoms with Crippen LogP contribution in [0.1, 0.15) is 0 Å². The number of anilines is 3. The summed E-state index contributed by atoms with van der Waals surface area (Å²) in [6.07, 6.45) is 0. The molecule has 0 amide bonds. The maximum atomic E-state index is 10.1. The van der Waals surface area contributed by atoms with Gasteiger partial charge in [-0.15, -0.1) is 0 Å². The van der Waals surface area contributed by atoms with E-state index in [4.69, 9.17) is 17.2 Å². The Labute approximate surface area is 104 Å². The zero-order chi connectivity index (χ0) is 13.5. The molecule has 94 valence electrons. The lowest BCUT2D eigenvalue weighted by molar-refractivity contribution is -0.384. The van der Waals surface area contributed by atoms with E-state index in [0.29, 0.717) is 5.69 Å². The van der Waals surface area contributed by atoms with Gasteiger partial charge in [0.1, 0.15) is 0 Å². The summed E-state index contributed by atoms with van der Waals surface area (Å²) in [5, 5.41) is 10.1. The second-order valence-electron chi connectivity index (χ2n) is 3.52. The predicted octanol–water partition coefficient (Wildman–Crippen LogP) is 2.03. The molecule has 0 spiro atoms. The number of rotatable bonds is 1. The Bertz CT molecular complexity index is 488. The van der Waals surface area contributed by atoms with Gasteiger partial charge in [0.15, 0.2) is 0 Å². The van der Waals surface area contributed by atoms with Crippen LogP contribution in [0, 0.1) is 10.1 Å². The lowest BCUT2D eigenvalue weighted by Crippen LogP contribution is -1.88. The fourth-order valence-electron chi connectivity index (χ4n) is 1.09. The fourth-order valence-corrected chi connectivity index (χ4v) is 1.09. The summed E-state index contributed by atoms with van der Waals surface area (Å²) < 4.78 is 0. The van der Waals surface area contributed by atoms with Crippen molar-refractivity contribution in [3.05, 3.63) is 58.6 Å². The summed E-state index contributed by atoms with van der Waals surface area (Å²) in [4.78, 5) is 9.62. The number of nitrogens with two attached hydrogens (primary N) is 3. The van der Waals surface area contributed by atoms with Crippen molar-refractivity contribution in [1.82, 2.24) is 0 Å². The number of non-ortho nitro benzene ring substituents is 1. The Balaban J connectivity index is 0.000000184. The summed E-state index contributed by atoms with van der Waals surface area (Å²) in [7, 11) is 0. The van der Waals surface area contributed by atoms with Crippen LogP contribution in [-0.4, -0.2) is 4.92 Å². The standard InChI is InChI=1S/C6H6N2O2.C6H8N2/c7-5-1-3-6(4-2-5)8(9)10;7-5-1-2-6(8)4-3-5/h1-4H,7H2;1-4H,7-8H2. The van der Waals surface area contributed by atoms with Crippen LogP contribution in [-0.2, 0) is 0 Å². The molecule has 18 heavy (non-hydrogen) atoms. The van der Waals surface area contributed by atoms with Crippen molar-refractivity contribution in [1.29, 1.82) is 0 Å². The maximum absolute atomic E-state index is 10.1. The molecule has 0 radical (unpaired) electrons. The highest BCUT2D eigenvalue weighted by molar-refractivity contribution is 5.47. The minimum atomic E-state index is -0.459. The molecule has 0 atom stereocenters. The van der Waals surface area contributed by atoms with Gasteiger partial charge in [0.2, 0.25) is 0 Å². The first kappa shape index (κ1) is 13.3. The molecule has 0 saturated heterocycles. The highest BCUT2D eigenvalue weighted by Crippen LogP contribution is 2.12. The molecule has 0 aliphatic heterocycles. The Hall–Kier alpha value is -2.76. The highest BCUT2D eigenvalue weighted by Gasteiger charge is 2.00. The number of nitrogens with zero attached hydrogens (tertiary/aromatic N) is 1. The monoisotopic (exact) mass is 246 g/mol. The van der Waals surface area contributed by atoms with Crippen LogP contribution in [0.15, 0.2) is 48.5 Å². The van der Waals surface area contributed by atoms with Gasteiger partial charge in [0.05, 0.1) is 4.92 Å². The molecular weight excluding hydrogens is 232 g/mol. The van der Waals surface area contributed by atoms with E-state index >= 15 is 0 Å². The summed E-state index contributed by atoms with van der Waals surface area (Å²) in [6.45, 7) is 0. The second-order valence-corrected chi connectivity index (χ2v) is 3.52. The second kappa shape index (κ2) is 6.09. The largest absolute Gasteiger partial charge is 0.399 e. The van der Waals surface area contributed by atoms with Gasteiger partial charge in [0, 0.05) is 29.2 Å². The number of nitro benzene ring substituents is 1. The van der Waals surface area contributed by atoms with Crippen LogP contribution >= 0.6 is 0 Å². The van der Waals surface area contributed by atoms with Crippen LogP contribution in [0.2, 0.25) is 0 Å². The number of hydrogen-bond acceptors (Lipinski definition) is 5. The summed E-state index contributed by atoms with van der Waals surface area (Å²) >= 11 is 0. The zero-order valence-corrected chi connectivity index (χ0v) is 9.61. The number of hydrogen-bond donors (Lipinski definition) is 3. The molecule has 6 heteroatoms. The Kier molecular flexibility index (Phi) is 4.50. The van der Waals surface area contributed by atoms with Gasteiger partial charge in [0.25, 0.3) is 5.69 Å². The van der Waals surface area contributed by atoms with E-state index in [2.05, 4.69) is 0 Å². The van der Waals surface area contributed by atoms with Crippen molar-refractivity contribution < 1.29 is 4.92 Å². The van der Waals surface area contributed by atoms with E-state index in [-0.39, 0.29) is 5.69 Å². The van der Waals surface area contributed by atoms with E-state index in [1.807, 2.05) is 0 Å². The molecule has 0 unspecified atom stereocenters. The number of nitrogen functional groups attached to an aromatic ring is 3. The molecule has 2 rings (SSSR count). The van der Waals surface area contributed by atoms with Crippen LogP contribution in [0.3, 0.4) is 0 Å². The smallest absolute Gasteiger partial charge is 0.269 e. The molecule has 2 aromatic rings. The van der Waals surface area contributed by atoms with Crippen molar-refractivity contribution >= 4 is 22.7 Å². The van der Waals surface area contributed by atoms with Gasteiger partial charge < -0.3 is 17.2 Å². The molecule has 0 heterocycles. The highest BCUT2D eigenvalue weighted by atomic mass is 16.6. The molecule has 6 N–H and O–H groups in total. The molecule has 0 fully saturated rings. The van der Waals surface area contributed by atoms with Crippen molar-refractivity contribution in [2.75, 3.05) is 17.2 Å². The van der Waals surface area contributed by atoms with Crippen molar-refractivity contribution in [2.45, 2.75) is 0 Å². The quantitative estimate of drug-likeness (QED) is 0.403. The van der Waals surface area contributed by atoms with Crippen LogP contribution < -0.4 is 17.2 Å². The Morgan fingerprint density at radius 3 is 1.28 bits per heavy atom. The van der Waals surface area contributed by atoms with Gasteiger partial charge in [-0.1, -0.05) is 0 Å². The molecule has 6 nitrogen and oxygen atoms in total. The molecule has 0 bridgehead atoms. The molecule has 0 aliphatic rings. The summed E-state index contributed by atoms with van der Waals surface area (Å²) in [5.74, 6) is 0. The molecule has 0 saturated carbocycles. The molecule has 0 aliphatic carbocycles. The Morgan fingerprint density at radius 1 is 0.722 bits per heavy atom. The third kappa shape index (κ3) is 4.40. The van der Waals surface area contributed by atoms with Gasteiger partial charge in [-0.3, -0.25) is 10.1 Å². The van der Waals surface area contributed by atoms with E-state index in [1.165, 1.54) is 24.3 Å². The van der Waals surface area contributed by atoms with Crippen molar-refractivity contribution in [3.63, 3.8) is 0 Å². The third-order valence-corrected chi connectivity index (χ3v) is 2.04. The van der Waals surface area contributed by atoms with Gasteiger partial charge in [-0.2, -0.15) is 0 Å². The van der Waals surface area contributed by atoms with Crippen LogP contribution in [0.4, 0.5) is 22.7 Å². The van der Waals surface area contributed by atoms with E-state index in [0.717, 1.165) is 11.4 Å². The normalized spacial score (nSPS) is 9.11. The average Bonchev–Trinajstić information content (AvgIpc) is 2.34. The predicted molar refractivity (Wildman–Crippen MR) is 72.8 cm³/mol. The lowest BCUT2D eigenvalue weighted by Gasteiger charge is -1.90. The fraction of sp³-hybridized carbons (Fsp3) is 0. The minimum absolute atomic E-state index is 0.0641. The molecule has 2 aromatic carbocycles. The Morgan fingerprint density at radius 2 is 1.00 bits per heavy atom. The third-order valence-electron chi connectivity index (χ3n) is 2.04.